The van der Waals surface area contributed by atoms with E-state index < -0.39 is 0 Å². The Kier molecular flexibility index (Phi) is 3.61. The number of nitrogens with zero attached hydrogens (tertiary/aromatic N) is 3. The average molecular weight is 265 g/mol. The SMILES string of the molecule is Cc1ncn(CCNC(=O)c2csc(N)n2)c1C. The van der Waals surface area contributed by atoms with Gasteiger partial charge in [0.05, 0.1) is 12.0 Å². The molecule has 0 fully saturated rings. The summed E-state index contributed by atoms with van der Waals surface area (Å²) in [6, 6.07) is 0. The highest BCUT2D eigenvalue weighted by molar-refractivity contribution is 7.13. The number of amides is 1. The number of anilines is 1. The lowest BCUT2D eigenvalue weighted by molar-refractivity contribution is 0.0948. The van der Waals surface area contributed by atoms with Crippen molar-refractivity contribution in [2.45, 2.75) is 20.4 Å². The smallest absolute Gasteiger partial charge is 0.270 e. The van der Waals surface area contributed by atoms with Crippen LogP contribution in [0.1, 0.15) is 21.9 Å². The second-order valence-corrected chi connectivity index (χ2v) is 4.83. The topological polar surface area (TPSA) is 85.8 Å². The fraction of sp³-hybridized carbons (Fsp3) is 0.364. The molecule has 0 aliphatic rings. The standard InChI is InChI=1S/C11H15N5OS/c1-7-8(2)16(6-14-7)4-3-13-10(17)9-5-18-11(12)15-9/h5-6H,3-4H2,1-2H3,(H2,12,15)(H,13,17). The molecule has 0 aliphatic carbocycles. The summed E-state index contributed by atoms with van der Waals surface area (Å²) in [5.41, 5.74) is 7.97. The van der Waals surface area contributed by atoms with Gasteiger partial charge in [0.2, 0.25) is 0 Å². The van der Waals surface area contributed by atoms with Crippen LogP contribution in [0.2, 0.25) is 0 Å². The van der Waals surface area contributed by atoms with Crippen molar-refractivity contribution >= 4 is 22.4 Å². The minimum Gasteiger partial charge on any atom is -0.375 e. The maximum Gasteiger partial charge on any atom is 0.270 e. The van der Waals surface area contributed by atoms with E-state index in [0.717, 1.165) is 11.4 Å². The van der Waals surface area contributed by atoms with Crippen molar-refractivity contribution in [3.63, 3.8) is 0 Å². The Morgan fingerprint density at radius 3 is 2.89 bits per heavy atom. The van der Waals surface area contributed by atoms with Gasteiger partial charge in [0, 0.05) is 24.2 Å². The Morgan fingerprint density at radius 2 is 2.33 bits per heavy atom. The molecule has 18 heavy (non-hydrogen) atoms. The second kappa shape index (κ2) is 5.18. The summed E-state index contributed by atoms with van der Waals surface area (Å²) in [7, 11) is 0. The van der Waals surface area contributed by atoms with E-state index in [9.17, 15) is 4.79 Å². The van der Waals surface area contributed by atoms with Crippen molar-refractivity contribution in [1.82, 2.24) is 19.9 Å². The summed E-state index contributed by atoms with van der Waals surface area (Å²) in [6.45, 7) is 5.19. The Hall–Kier alpha value is -1.89. The summed E-state index contributed by atoms with van der Waals surface area (Å²) in [5.74, 6) is -0.197. The van der Waals surface area contributed by atoms with Gasteiger partial charge in [-0.05, 0) is 13.8 Å². The molecule has 1 amide bonds. The van der Waals surface area contributed by atoms with Gasteiger partial charge in [0.15, 0.2) is 5.13 Å². The van der Waals surface area contributed by atoms with E-state index in [1.54, 1.807) is 11.7 Å². The highest BCUT2D eigenvalue weighted by Gasteiger charge is 2.09. The van der Waals surface area contributed by atoms with Gasteiger partial charge in [-0.25, -0.2) is 9.97 Å². The van der Waals surface area contributed by atoms with E-state index in [2.05, 4.69) is 15.3 Å². The largest absolute Gasteiger partial charge is 0.375 e. The van der Waals surface area contributed by atoms with Gasteiger partial charge in [-0.2, -0.15) is 0 Å². The van der Waals surface area contributed by atoms with Crippen LogP contribution in [0.5, 0.6) is 0 Å². The molecule has 0 unspecified atom stereocenters. The number of hydrogen-bond acceptors (Lipinski definition) is 5. The van der Waals surface area contributed by atoms with Crippen LogP contribution in [0.15, 0.2) is 11.7 Å². The molecule has 0 saturated heterocycles. The van der Waals surface area contributed by atoms with Gasteiger partial charge in [-0.15, -0.1) is 11.3 Å². The first-order chi connectivity index (χ1) is 8.58. The normalized spacial score (nSPS) is 10.6. The van der Waals surface area contributed by atoms with Gasteiger partial charge in [-0.3, -0.25) is 4.79 Å². The molecule has 96 valence electrons. The molecule has 6 nitrogen and oxygen atoms in total. The fourth-order valence-corrected chi connectivity index (χ4v) is 2.09. The van der Waals surface area contributed by atoms with Crippen molar-refractivity contribution < 1.29 is 4.79 Å². The lowest BCUT2D eigenvalue weighted by Gasteiger charge is -2.06. The highest BCUT2D eigenvalue weighted by Crippen LogP contribution is 2.10. The predicted molar refractivity (Wildman–Crippen MR) is 70.6 cm³/mol. The zero-order valence-electron chi connectivity index (χ0n) is 10.3. The maximum absolute atomic E-state index is 11.7. The van der Waals surface area contributed by atoms with Crippen LogP contribution in [0.3, 0.4) is 0 Å². The first-order valence-corrected chi connectivity index (χ1v) is 6.43. The molecular weight excluding hydrogens is 250 g/mol. The fourth-order valence-electron chi connectivity index (χ4n) is 1.54. The molecule has 2 aromatic heterocycles. The second-order valence-electron chi connectivity index (χ2n) is 3.94. The highest BCUT2D eigenvalue weighted by atomic mass is 32.1. The zero-order chi connectivity index (χ0) is 13.1. The van der Waals surface area contributed by atoms with Crippen molar-refractivity contribution in [3.05, 3.63) is 28.8 Å². The molecule has 0 aromatic carbocycles. The Balaban J connectivity index is 1.86. The summed E-state index contributed by atoms with van der Waals surface area (Å²) in [4.78, 5) is 19.8. The van der Waals surface area contributed by atoms with Gasteiger partial charge in [0.25, 0.3) is 5.91 Å². The monoisotopic (exact) mass is 265 g/mol. The quantitative estimate of drug-likeness (QED) is 0.862. The molecule has 0 spiro atoms. The summed E-state index contributed by atoms with van der Waals surface area (Å²) in [6.07, 6.45) is 1.78. The van der Waals surface area contributed by atoms with Crippen LogP contribution in [0, 0.1) is 13.8 Å². The van der Waals surface area contributed by atoms with E-state index in [1.807, 2.05) is 18.4 Å². The molecule has 7 heteroatoms. The van der Waals surface area contributed by atoms with Crippen molar-refractivity contribution in [2.75, 3.05) is 12.3 Å². The van der Waals surface area contributed by atoms with Crippen molar-refractivity contribution in [1.29, 1.82) is 0 Å². The van der Waals surface area contributed by atoms with E-state index in [1.165, 1.54) is 11.3 Å². The molecule has 0 radical (unpaired) electrons. The van der Waals surface area contributed by atoms with Gasteiger partial charge in [-0.1, -0.05) is 0 Å². The number of rotatable bonds is 4. The van der Waals surface area contributed by atoms with Gasteiger partial charge < -0.3 is 15.6 Å². The summed E-state index contributed by atoms with van der Waals surface area (Å²) < 4.78 is 2.00. The predicted octanol–water partition coefficient (Wildman–Crippen LogP) is 0.969. The van der Waals surface area contributed by atoms with Crippen molar-refractivity contribution in [3.8, 4) is 0 Å². The van der Waals surface area contributed by atoms with Crippen LogP contribution in [0.4, 0.5) is 5.13 Å². The number of aryl methyl sites for hydroxylation is 1. The number of carbonyl (C=O) groups excluding carboxylic acids is 1. The third kappa shape index (κ3) is 2.67. The van der Waals surface area contributed by atoms with Crippen LogP contribution < -0.4 is 11.1 Å². The number of nitrogen functional groups attached to an aromatic ring is 1. The lowest BCUT2D eigenvalue weighted by atomic mass is 10.4. The molecule has 2 aromatic rings. The van der Waals surface area contributed by atoms with Gasteiger partial charge in [0.1, 0.15) is 5.69 Å². The number of thiazole rings is 1. The number of imidazole rings is 1. The molecule has 3 N–H and O–H groups in total. The molecular formula is C11H15N5OS. The minimum atomic E-state index is -0.197. The van der Waals surface area contributed by atoms with Crippen LogP contribution in [0.25, 0.3) is 0 Å². The number of aromatic nitrogens is 3. The number of nitrogens with one attached hydrogen (secondary N) is 1. The third-order valence-electron chi connectivity index (χ3n) is 2.74. The molecule has 0 bridgehead atoms. The van der Waals surface area contributed by atoms with E-state index in [4.69, 9.17) is 5.73 Å². The summed E-state index contributed by atoms with van der Waals surface area (Å²) in [5, 5.41) is 4.85. The minimum absolute atomic E-state index is 0.197. The Bertz CT molecular complexity index is 560. The third-order valence-corrected chi connectivity index (χ3v) is 3.41. The first-order valence-electron chi connectivity index (χ1n) is 5.55. The van der Waals surface area contributed by atoms with E-state index in [-0.39, 0.29) is 5.91 Å². The van der Waals surface area contributed by atoms with Crippen molar-refractivity contribution in [2.24, 2.45) is 0 Å². The molecule has 0 aliphatic heterocycles. The van der Waals surface area contributed by atoms with E-state index >= 15 is 0 Å². The zero-order valence-corrected chi connectivity index (χ0v) is 11.1. The molecule has 0 saturated carbocycles. The number of carbonyl (C=O) groups is 1. The Labute approximate surface area is 109 Å². The van der Waals surface area contributed by atoms with E-state index in [0.29, 0.717) is 23.9 Å². The molecule has 2 heterocycles. The molecule has 2 rings (SSSR count). The molecule has 0 atom stereocenters. The first kappa shape index (κ1) is 12.6. The van der Waals surface area contributed by atoms with Crippen LogP contribution in [-0.2, 0) is 6.54 Å². The lowest BCUT2D eigenvalue weighted by Crippen LogP contribution is -2.27. The average Bonchev–Trinajstić information content (AvgIpc) is 2.90. The van der Waals surface area contributed by atoms with Gasteiger partial charge >= 0.3 is 0 Å². The van der Waals surface area contributed by atoms with Crippen LogP contribution in [-0.4, -0.2) is 27.0 Å². The number of nitrogens with two attached hydrogens (primary N) is 1. The maximum atomic E-state index is 11.7. The Morgan fingerprint density at radius 1 is 1.56 bits per heavy atom. The summed E-state index contributed by atoms with van der Waals surface area (Å²) >= 11 is 1.26. The number of hydrogen-bond donors (Lipinski definition) is 2. The van der Waals surface area contributed by atoms with Crippen LogP contribution >= 0.6 is 11.3 Å².